The summed E-state index contributed by atoms with van der Waals surface area (Å²) >= 11 is 0. The second kappa shape index (κ2) is 8.22. The number of hydrogen-bond acceptors (Lipinski definition) is 4. The van der Waals surface area contributed by atoms with Crippen molar-refractivity contribution in [2.45, 2.75) is 50.1 Å². The van der Waals surface area contributed by atoms with E-state index >= 15 is 0 Å². The zero-order chi connectivity index (χ0) is 21.2. The highest BCUT2D eigenvalue weighted by Gasteiger charge is 2.28. The molecule has 8 heteroatoms. The fourth-order valence-electron chi connectivity index (χ4n) is 3.33. The van der Waals surface area contributed by atoms with Crippen LogP contribution in [0.1, 0.15) is 33.6 Å². The number of anilines is 1. The lowest BCUT2D eigenvalue weighted by Crippen LogP contribution is -2.41. The third-order valence-corrected chi connectivity index (χ3v) is 6.35. The van der Waals surface area contributed by atoms with Crippen LogP contribution in [0.25, 0.3) is 11.1 Å². The molecule has 1 atom stereocenters. The lowest BCUT2D eigenvalue weighted by molar-refractivity contribution is -0.117. The maximum atomic E-state index is 14.5. The number of rotatable bonds is 5. The molecule has 0 radical (unpaired) electrons. The van der Waals surface area contributed by atoms with Gasteiger partial charge in [0, 0.05) is 16.8 Å². The SMILES string of the molecule is CC(C)(C)NS(=O)(=O)c1c(F)cccc1-c1ccc(NC(=O)C2CCCN2)cc1. The minimum atomic E-state index is -4.07. The van der Waals surface area contributed by atoms with Crippen LogP contribution in [0, 0.1) is 5.82 Å². The molecule has 2 aromatic rings. The Labute approximate surface area is 171 Å². The summed E-state index contributed by atoms with van der Waals surface area (Å²) in [4.78, 5) is 11.8. The van der Waals surface area contributed by atoms with Gasteiger partial charge in [0.1, 0.15) is 10.7 Å². The average Bonchev–Trinajstić information content (AvgIpc) is 3.14. The molecule has 0 aliphatic carbocycles. The van der Waals surface area contributed by atoms with E-state index in [4.69, 9.17) is 0 Å². The molecule has 6 nitrogen and oxygen atoms in total. The molecular formula is C21H26FN3O3S. The van der Waals surface area contributed by atoms with Crippen LogP contribution in [0.4, 0.5) is 10.1 Å². The number of sulfonamides is 1. The van der Waals surface area contributed by atoms with Crippen molar-refractivity contribution < 1.29 is 17.6 Å². The van der Waals surface area contributed by atoms with Crippen molar-refractivity contribution in [1.29, 1.82) is 0 Å². The highest BCUT2D eigenvalue weighted by Crippen LogP contribution is 2.31. The van der Waals surface area contributed by atoms with Crippen LogP contribution in [0.15, 0.2) is 47.4 Å². The quantitative estimate of drug-likeness (QED) is 0.694. The van der Waals surface area contributed by atoms with Gasteiger partial charge in [0.05, 0.1) is 6.04 Å². The predicted octanol–water partition coefficient (Wildman–Crippen LogP) is 3.26. The van der Waals surface area contributed by atoms with Gasteiger partial charge in [-0.1, -0.05) is 24.3 Å². The van der Waals surface area contributed by atoms with Crippen molar-refractivity contribution in [3.8, 4) is 11.1 Å². The first-order valence-electron chi connectivity index (χ1n) is 9.54. The Balaban J connectivity index is 1.89. The minimum Gasteiger partial charge on any atom is -0.325 e. The van der Waals surface area contributed by atoms with Gasteiger partial charge in [-0.2, -0.15) is 0 Å². The van der Waals surface area contributed by atoms with Crippen LogP contribution in [0.3, 0.4) is 0 Å². The summed E-state index contributed by atoms with van der Waals surface area (Å²) in [5.74, 6) is -0.914. The van der Waals surface area contributed by atoms with E-state index in [9.17, 15) is 17.6 Å². The van der Waals surface area contributed by atoms with E-state index in [1.807, 2.05) is 0 Å². The Hall–Kier alpha value is -2.29. The van der Waals surface area contributed by atoms with Crippen LogP contribution in [-0.2, 0) is 14.8 Å². The Morgan fingerprint density at radius 1 is 1.14 bits per heavy atom. The standard InChI is InChI=1S/C21H26FN3O3S/c1-21(2,3)25-29(27,28)19-16(6-4-7-17(19)22)14-9-11-15(12-10-14)24-20(26)18-8-5-13-23-18/h4,6-7,9-12,18,23,25H,5,8,13H2,1-3H3,(H,24,26). The fraction of sp³-hybridized carbons (Fsp3) is 0.381. The van der Waals surface area contributed by atoms with E-state index in [1.54, 1.807) is 51.1 Å². The van der Waals surface area contributed by atoms with E-state index in [0.29, 0.717) is 11.3 Å². The summed E-state index contributed by atoms with van der Waals surface area (Å²) in [5, 5.41) is 5.98. The molecule has 0 saturated carbocycles. The summed E-state index contributed by atoms with van der Waals surface area (Å²) in [6.07, 6.45) is 1.77. The molecule has 1 saturated heterocycles. The number of carbonyl (C=O) groups excluding carboxylic acids is 1. The molecule has 1 aliphatic heterocycles. The Morgan fingerprint density at radius 2 is 1.83 bits per heavy atom. The molecule has 29 heavy (non-hydrogen) atoms. The summed E-state index contributed by atoms with van der Waals surface area (Å²) < 4.78 is 42.7. The third-order valence-electron chi connectivity index (χ3n) is 4.52. The van der Waals surface area contributed by atoms with Gasteiger partial charge in [-0.25, -0.2) is 17.5 Å². The lowest BCUT2D eigenvalue weighted by Gasteiger charge is -2.22. The summed E-state index contributed by atoms with van der Waals surface area (Å²) in [5.41, 5.74) is 0.648. The molecule has 2 aromatic carbocycles. The third kappa shape index (κ3) is 5.20. The molecular weight excluding hydrogens is 393 g/mol. The lowest BCUT2D eigenvalue weighted by atomic mass is 10.0. The van der Waals surface area contributed by atoms with E-state index in [1.165, 1.54) is 6.07 Å². The first kappa shape index (κ1) is 21.4. The monoisotopic (exact) mass is 419 g/mol. The minimum absolute atomic E-state index is 0.0985. The van der Waals surface area contributed by atoms with Gasteiger partial charge in [0.25, 0.3) is 0 Å². The second-order valence-electron chi connectivity index (χ2n) is 8.19. The maximum absolute atomic E-state index is 14.5. The zero-order valence-electron chi connectivity index (χ0n) is 16.8. The van der Waals surface area contributed by atoms with Crippen molar-refractivity contribution >= 4 is 21.6 Å². The molecule has 3 N–H and O–H groups in total. The van der Waals surface area contributed by atoms with Crippen LogP contribution in [0.5, 0.6) is 0 Å². The number of amides is 1. The average molecular weight is 420 g/mol. The van der Waals surface area contributed by atoms with Gasteiger partial charge in [-0.15, -0.1) is 0 Å². The van der Waals surface area contributed by atoms with Crippen molar-refractivity contribution in [3.63, 3.8) is 0 Å². The normalized spacial score (nSPS) is 17.3. The first-order valence-corrected chi connectivity index (χ1v) is 11.0. The molecule has 1 aliphatic rings. The summed E-state index contributed by atoms with van der Waals surface area (Å²) in [6, 6.07) is 10.7. The smallest absolute Gasteiger partial charge is 0.244 e. The molecule has 0 aromatic heterocycles. The van der Waals surface area contributed by atoms with Gasteiger partial charge in [0.2, 0.25) is 15.9 Å². The topological polar surface area (TPSA) is 87.3 Å². The number of hydrogen-bond donors (Lipinski definition) is 3. The molecule has 0 bridgehead atoms. The summed E-state index contributed by atoms with van der Waals surface area (Å²) in [7, 11) is -4.07. The molecule has 1 amide bonds. The molecule has 1 fully saturated rings. The summed E-state index contributed by atoms with van der Waals surface area (Å²) in [6.45, 7) is 5.92. The second-order valence-corrected chi connectivity index (χ2v) is 9.81. The van der Waals surface area contributed by atoms with Gasteiger partial charge < -0.3 is 10.6 Å². The van der Waals surface area contributed by atoms with Gasteiger partial charge in [0.15, 0.2) is 0 Å². The van der Waals surface area contributed by atoms with Crippen molar-refractivity contribution in [1.82, 2.24) is 10.0 Å². The zero-order valence-corrected chi connectivity index (χ0v) is 17.6. The first-order chi connectivity index (χ1) is 13.6. The van der Waals surface area contributed by atoms with E-state index < -0.39 is 21.4 Å². The Morgan fingerprint density at radius 3 is 2.41 bits per heavy atom. The van der Waals surface area contributed by atoms with E-state index in [0.717, 1.165) is 25.5 Å². The van der Waals surface area contributed by atoms with Crippen LogP contribution < -0.4 is 15.4 Å². The van der Waals surface area contributed by atoms with Crippen molar-refractivity contribution in [2.75, 3.05) is 11.9 Å². The van der Waals surface area contributed by atoms with E-state index in [-0.39, 0.29) is 22.4 Å². The van der Waals surface area contributed by atoms with Gasteiger partial charge >= 0.3 is 0 Å². The van der Waals surface area contributed by atoms with Crippen molar-refractivity contribution in [3.05, 3.63) is 48.3 Å². The van der Waals surface area contributed by atoms with Gasteiger partial charge in [-0.05, 0) is 63.9 Å². The van der Waals surface area contributed by atoms with Gasteiger partial charge in [-0.3, -0.25) is 4.79 Å². The Bertz CT molecular complexity index is 993. The number of halogens is 1. The van der Waals surface area contributed by atoms with Crippen LogP contribution in [0.2, 0.25) is 0 Å². The highest BCUT2D eigenvalue weighted by molar-refractivity contribution is 7.89. The van der Waals surface area contributed by atoms with Crippen LogP contribution in [-0.4, -0.2) is 32.5 Å². The Kier molecular flexibility index (Phi) is 6.07. The number of carbonyl (C=O) groups is 1. The number of nitrogens with one attached hydrogen (secondary N) is 3. The predicted molar refractivity (Wildman–Crippen MR) is 112 cm³/mol. The van der Waals surface area contributed by atoms with E-state index in [2.05, 4.69) is 15.4 Å². The maximum Gasteiger partial charge on any atom is 0.244 e. The molecule has 0 spiro atoms. The molecule has 1 unspecified atom stereocenters. The molecule has 3 rings (SSSR count). The van der Waals surface area contributed by atoms with Crippen LogP contribution >= 0.6 is 0 Å². The van der Waals surface area contributed by atoms with Crippen molar-refractivity contribution in [2.24, 2.45) is 0 Å². The molecule has 156 valence electrons. The highest BCUT2D eigenvalue weighted by atomic mass is 32.2. The largest absolute Gasteiger partial charge is 0.325 e. The molecule has 1 heterocycles. The fourth-order valence-corrected chi connectivity index (χ4v) is 5.04. The number of benzene rings is 2.